The second-order valence-corrected chi connectivity index (χ2v) is 3.58. The molecule has 1 N–H and O–H groups in total. The van der Waals surface area contributed by atoms with Crippen LogP contribution < -0.4 is 0 Å². The van der Waals surface area contributed by atoms with E-state index in [2.05, 4.69) is 27.5 Å². The van der Waals surface area contributed by atoms with Crippen molar-refractivity contribution in [2.75, 3.05) is 0 Å². The largest absolute Gasteiger partial charge is 0.197 e. The van der Waals surface area contributed by atoms with E-state index < -0.39 is 0 Å². The number of hydrogen-bond donors (Lipinski definition) is 1. The third kappa shape index (κ3) is 3.31. The van der Waals surface area contributed by atoms with E-state index in [4.69, 9.17) is 0 Å². The summed E-state index contributed by atoms with van der Waals surface area (Å²) in [6.45, 7) is 0. The number of aromatic amines is 1. The third-order valence-electron chi connectivity index (χ3n) is 1.62. The van der Waals surface area contributed by atoms with Crippen molar-refractivity contribution in [1.29, 1.82) is 0 Å². The average Bonchev–Trinajstić information content (AvgIpc) is 2.69. The van der Waals surface area contributed by atoms with Gasteiger partial charge in [-0.15, -0.1) is 5.10 Å². The van der Waals surface area contributed by atoms with Crippen LogP contribution in [-0.4, -0.2) is 15.4 Å². The molecule has 3 nitrogen and oxygen atoms in total. The van der Waals surface area contributed by atoms with Crippen molar-refractivity contribution in [2.45, 2.75) is 10.8 Å². The van der Waals surface area contributed by atoms with E-state index in [0.29, 0.717) is 0 Å². The van der Waals surface area contributed by atoms with E-state index in [0.717, 1.165) is 10.8 Å². The molecule has 5 heteroatoms. The van der Waals surface area contributed by atoms with Crippen LogP contribution in [0.15, 0.2) is 41.6 Å². The van der Waals surface area contributed by atoms with Crippen LogP contribution in [0.25, 0.3) is 0 Å². The summed E-state index contributed by atoms with van der Waals surface area (Å²) in [5.41, 5.74) is 1.30. The number of nitrogens with one attached hydrogen (secondary N) is 1. The van der Waals surface area contributed by atoms with Crippen LogP contribution in [0, 0.1) is 0 Å². The average molecular weight is 299 g/mol. The Kier molecular flexibility index (Phi) is 4.97. The standard InChI is InChI=1S/C9H9N3S.Ag/c1-2-4-8(5-3-1)7-13-9-6-10-12-11-9;/h1-6H,7H2,(H,10,11,12);. The van der Waals surface area contributed by atoms with Crippen LogP contribution in [0.2, 0.25) is 0 Å². The first-order valence-electron chi connectivity index (χ1n) is 3.97. The zero-order valence-corrected chi connectivity index (χ0v) is 9.57. The van der Waals surface area contributed by atoms with E-state index >= 15 is 0 Å². The van der Waals surface area contributed by atoms with Gasteiger partial charge in [-0.3, -0.25) is 0 Å². The van der Waals surface area contributed by atoms with Crippen molar-refractivity contribution >= 4 is 11.8 Å². The monoisotopic (exact) mass is 298 g/mol. The molecular weight excluding hydrogens is 290 g/mol. The van der Waals surface area contributed by atoms with Gasteiger partial charge >= 0.3 is 0 Å². The maximum atomic E-state index is 3.96. The molecule has 0 fully saturated rings. The summed E-state index contributed by atoms with van der Waals surface area (Å²) in [7, 11) is 0. The number of hydrogen-bond acceptors (Lipinski definition) is 3. The third-order valence-corrected chi connectivity index (χ3v) is 2.59. The van der Waals surface area contributed by atoms with Gasteiger partial charge in [0.25, 0.3) is 0 Å². The number of aromatic nitrogens is 3. The van der Waals surface area contributed by atoms with Gasteiger partial charge in [0, 0.05) is 28.1 Å². The molecule has 1 radical (unpaired) electrons. The molecular formula is C9H9AgN3S. The number of H-pyrrole nitrogens is 1. The maximum Gasteiger partial charge on any atom is 0.139 e. The molecule has 1 heterocycles. The minimum absolute atomic E-state index is 0. The van der Waals surface area contributed by atoms with Crippen molar-refractivity contribution in [3.05, 3.63) is 42.1 Å². The van der Waals surface area contributed by atoms with E-state index in [9.17, 15) is 0 Å². The van der Waals surface area contributed by atoms with Crippen LogP contribution in [0.3, 0.4) is 0 Å². The SMILES string of the molecule is [Ag].c1ccc(CSc2cn[nH]n2)cc1. The van der Waals surface area contributed by atoms with Crippen molar-refractivity contribution in [3.8, 4) is 0 Å². The summed E-state index contributed by atoms with van der Waals surface area (Å²) in [6, 6.07) is 10.3. The molecule has 0 saturated carbocycles. The molecule has 77 valence electrons. The van der Waals surface area contributed by atoms with Gasteiger partial charge in [-0.1, -0.05) is 42.1 Å². The van der Waals surface area contributed by atoms with Crippen LogP contribution in [0.4, 0.5) is 0 Å². The Balaban J connectivity index is 0.000000980. The molecule has 1 aromatic heterocycles. The predicted octanol–water partition coefficient (Wildman–Crippen LogP) is 2.09. The van der Waals surface area contributed by atoms with Gasteiger partial charge in [-0.05, 0) is 5.56 Å². The Morgan fingerprint density at radius 3 is 2.64 bits per heavy atom. The Morgan fingerprint density at radius 1 is 1.21 bits per heavy atom. The predicted molar refractivity (Wildman–Crippen MR) is 52.4 cm³/mol. The first-order valence-corrected chi connectivity index (χ1v) is 4.96. The Morgan fingerprint density at radius 2 is 2.00 bits per heavy atom. The normalized spacial score (nSPS) is 9.43. The summed E-state index contributed by atoms with van der Waals surface area (Å²) in [6.07, 6.45) is 1.73. The molecule has 0 aliphatic rings. The minimum Gasteiger partial charge on any atom is -0.197 e. The fourth-order valence-electron chi connectivity index (χ4n) is 0.992. The second kappa shape index (κ2) is 6.03. The second-order valence-electron chi connectivity index (χ2n) is 2.58. The topological polar surface area (TPSA) is 41.6 Å². The van der Waals surface area contributed by atoms with Crippen LogP contribution in [0.5, 0.6) is 0 Å². The number of thioether (sulfide) groups is 1. The van der Waals surface area contributed by atoms with Crippen LogP contribution in [0.1, 0.15) is 5.56 Å². The van der Waals surface area contributed by atoms with Gasteiger partial charge in [-0.2, -0.15) is 10.3 Å². The van der Waals surface area contributed by atoms with Crippen molar-refractivity contribution in [2.24, 2.45) is 0 Å². The van der Waals surface area contributed by atoms with Gasteiger partial charge in [0.15, 0.2) is 0 Å². The smallest absolute Gasteiger partial charge is 0.139 e. The first-order chi connectivity index (χ1) is 6.45. The summed E-state index contributed by atoms with van der Waals surface area (Å²) >= 11 is 1.68. The molecule has 0 bridgehead atoms. The molecule has 0 aliphatic heterocycles. The van der Waals surface area contributed by atoms with Crippen LogP contribution >= 0.6 is 11.8 Å². The molecule has 14 heavy (non-hydrogen) atoms. The molecule has 0 aliphatic carbocycles. The van der Waals surface area contributed by atoms with Crippen molar-refractivity contribution in [3.63, 3.8) is 0 Å². The molecule has 0 saturated heterocycles. The summed E-state index contributed by atoms with van der Waals surface area (Å²) < 4.78 is 0. The Labute approximate surface area is 102 Å². The van der Waals surface area contributed by atoms with Crippen molar-refractivity contribution in [1.82, 2.24) is 15.4 Å². The van der Waals surface area contributed by atoms with E-state index in [1.54, 1.807) is 18.0 Å². The molecule has 2 rings (SSSR count). The molecule has 0 amide bonds. The number of nitrogens with zero attached hydrogens (tertiary/aromatic N) is 2. The van der Waals surface area contributed by atoms with Gasteiger partial charge in [-0.25, -0.2) is 0 Å². The molecule has 0 spiro atoms. The van der Waals surface area contributed by atoms with Gasteiger partial charge in [0.2, 0.25) is 0 Å². The Hall–Kier alpha value is -0.550. The molecule has 0 atom stereocenters. The summed E-state index contributed by atoms with van der Waals surface area (Å²) in [5.74, 6) is 0.938. The number of benzene rings is 1. The quantitative estimate of drug-likeness (QED) is 0.697. The summed E-state index contributed by atoms with van der Waals surface area (Å²) in [4.78, 5) is 0. The fraction of sp³-hybridized carbons (Fsp3) is 0.111. The zero-order valence-electron chi connectivity index (χ0n) is 7.28. The van der Waals surface area contributed by atoms with E-state index in [1.165, 1.54) is 5.56 Å². The molecule has 1 aromatic carbocycles. The van der Waals surface area contributed by atoms with Gasteiger partial charge < -0.3 is 0 Å². The van der Waals surface area contributed by atoms with Crippen LogP contribution in [-0.2, 0) is 28.1 Å². The zero-order chi connectivity index (χ0) is 8.93. The minimum atomic E-state index is 0. The fourth-order valence-corrected chi connectivity index (χ4v) is 1.73. The molecule has 0 unspecified atom stereocenters. The number of rotatable bonds is 3. The summed E-state index contributed by atoms with van der Waals surface area (Å²) in [5, 5.41) is 11.2. The van der Waals surface area contributed by atoms with Gasteiger partial charge in [0.05, 0.1) is 6.20 Å². The first kappa shape index (κ1) is 11.5. The van der Waals surface area contributed by atoms with Gasteiger partial charge in [0.1, 0.15) is 5.03 Å². The van der Waals surface area contributed by atoms with Crippen molar-refractivity contribution < 1.29 is 22.4 Å². The molecule has 2 aromatic rings. The van der Waals surface area contributed by atoms with E-state index in [1.807, 2.05) is 18.2 Å². The maximum absolute atomic E-state index is 3.96. The van der Waals surface area contributed by atoms with E-state index in [-0.39, 0.29) is 22.4 Å². The Bertz CT molecular complexity index is 349.